The molecule has 5 heteroatoms. The van der Waals surface area contributed by atoms with Crippen molar-refractivity contribution in [3.05, 3.63) is 60.2 Å². The lowest BCUT2D eigenvalue weighted by atomic mass is 9.91. The molecule has 0 bridgehead atoms. The van der Waals surface area contributed by atoms with E-state index in [9.17, 15) is 4.79 Å². The second kappa shape index (κ2) is 7.05. The third-order valence-electron chi connectivity index (χ3n) is 5.10. The number of nitrogens with zero attached hydrogens (tertiary/aromatic N) is 4. The quantitative estimate of drug-likeness (QED) is 0.733. The van der Waals surface area contributed by atoms with Crippen molar-refractivity contribution < 1.29 is 4.79 Å². The molecule has 1 aliphatic heterocycles. The van der Waals surface area contributed by atoms with Crippen LogP contribution in [0.25, 0.3) is 11.0 Å². The standard InChI is InChI=1S/C20H22N4O/c25-20(24-19-9-5-4-8-18(19)21-22-24)23-14-12-17(13-15-23)11-10-16-6-2-1-3-7-16/h1-9,17H,10-15H2. The number of para-hydroxylation sites is 1. The number of aryl methyl sites for hydroxylation is 1. The highest BCUT2D eigenvalue weighted by Gasteiger charge is 2.25. The van der Waals surface area contributed by atoms with Crippen molar-refractivity contribution in [3.8, 4) is 0 Å². The van der Waals surface area contributed by atoms with Gasteiger partial charge in [-0.05, 0) is 49.3 Å². The lowest BCUT2D eigenvalue weighted by Crippen LogP contribution is -2.41. The molecule has 1 fully saturated rings. The molecule has 1 amide bonds. The smallest absolute Gasteiger partial charge is 0.323 e. The Bertz CT molecular complexity index is 850. The molecule has 0 unspecified atom stereocenters. The maximum atomic E-state index is 12.7. The van der Waals surface area contributed by atoms with E-state index in [0.29, 0.717) is 5.92 Å². The Morgan fingerprint density at radius 1 is 1.00 bits per heavy atom. The fourth-order valence-corrected chi connectivity index (χ4v) is 3.57. The highest BCUT2D eigenvalue weighted by molar-refractivity contribution is 5.87. The third kappa shape index (κ3) is 3.40. The normalized spacial score (nSPS) is 15.6. The Kier molecular flexibility index (Phi) is 4.46. The molecule has 3 aromatic rings. The molecule has 4 rings (SSSR count). The second-order valence-electron chi connectivity index (χ2n) is 6.73. The van der Waals surface area contributed by atoms with E-state index < -0.39 is 0 Å². The Balaban J connectivity index is 1.34. The Labute approximate surface area is 147 Å². The van der Waals surface area contributed by atoms with Crippen LogP contribution in [0, 0.1) is 5.92 Å². The van der Waals surface area contributed by atoms with Gasteiger partial charge in [-0.3, -0.25) is 0 Å². The number of fused-ring (bicyclic) bond motifs is 1. The van der Waals surface area contributed by atoms with Gasteiger partial charge >= 0.3 is 6.03 Å². The monoisotopic (exact) mass is 334 g/mol. The summed E-state index contributed by atoms with van der Waals surface area (Å²) in [6.07, 6.45) is 4.43. The van der Waals surface area contributed by atoms with Gasteiger partial charge in [-0.15, -0.1) is 5.10 Å². The number of carbonyl (C=O) groups is 1. The minimum atomic E-state index is -0.0600. The molecule has 0 aliphatic carbocycles. The fourth-order valence-electron chi connectivity index (χ4n) is 3.57. The minimum Gasteiger partial charge on any atom is -0.323 e. The van der Waals surface area contributed by atoms with Gasteiger partial charge in [-0.2, -0.15) is 4.68 Å². The average molecular weight is 334 g/mol. The van der Waals surface area contributed by atoms with Crippen molar-refractivity contribution in [1.82, 2.24) is 19.9 Å². The van der Waals surface area contributed by atoms with Crippen LogP contribution in [-0.4, -0.2) is 39.0 Å². The van der Waals surface area contributed by atoms with Gasteiger partial charge in [-0.1, -0.05) is 47.7 Å². The first-order valence-corrected chi connectivity index (χ1v) is 8.95. The molecule has 2 heterocycles. The molecule has 25 heavy (non-hydrogen) atoms. The van der Waals surface area contributed by atoms with Gasteiger partial charge in [0.1, 0.15) is 5.52 Å². The molecule has 5 nitrogen and oxygen atoms in total. The van der Waals surface area contributed by atoms with Crippen molar-refractivity contribution in [3.63, 3.8) is 0 Å². The summed E-state index contributed by atoms with van der Waals surface area (Å²) in [7, 11) is 0. The number of amides is 1. The highest BCUT2D eigenvalue weighted by atomic mass is 16.2. The van der Waals surface area contributed by atoms with Crippen LogP contribution in [0.5, 0.6) is 0 Å². The lowest BCUT2D eigenvalue weighted by Gasteiger charge is -2.31. The van der Waals surface area contributed by atoms with Crippen LogP contribution in [0.3, 0.4) is 0 Å². The van der Waals surface area contributed by atoms with Crippen molar-refractivity contribution in [2.75, 3.05) is 13.1 Å². The van der Waals surface area contributed by atoms with Gasteiger partial charge in [0, 0.05) is 13.1 Å². The zero-order valence-corrected chi connectivity index (χ0v) is 14.2. The van der Waals surface area contributed by atoms with Crippen LogP contribution in [0.15, 0.2) is 54.6 Å². The van der Waals surface area contributed by atoms with Crippen LogP contribution >= 0.6 is 0 Å². The van der Waals surface area contributed by atoms with Gasteiger partial charge in [-0.25, -0.2) is 4.79 Å². The number of rotatable bonds is 3. The topological polar surface area (TPSA) is 51.0 Å². The summed E-state index contributed by atoms with van der Waals surface area (Å²) in [6, 6.07) is 18.1. The summed E-state index contributed by atoms with van der Waals surface area (Å²) >= 11 is 0. The van der Waals surface area contributed by atoms with Crippen LogP contribution in [0.2, 0.25) is 0 Å². The Morgan fingerprint density at radius 2 is 1.72 bits per heavy atom. The SMILES string of the molecule is O=C(N1CCC(CCc2ccccc2)CC1)n1nnc2ccccc21. The molecule has 1 aliphatic rings. The van der Waals surface area contributed by atoms with Gasteiger partial charge in [0.05, 0.1) is 5.52 Å². The van der Waals surface area contributed by atoms with Crippen molar-refractivity contribution in [2.24, 2.45) is 5.92 Å². The Hall–Kier alpha value is -2.69. The number of hydrogen-bond donors (Lipinski definition) is 0. The highest BCUT2D eigenvalue weighted by Crippen LogP contribution is 2.23. The largest absolute Gasteiger partial charge is 0.346 e. The second-order valence-corrected chi connectivity index (χ2v) is 6.73. The van der Waals surface area contributed by atoms with E-state index in [1.54, 1.807) is 0 Å². The molecule has 0 N–H and O–H groups in total. The molecule has 2 aromatic carbocycles. The van der Waals surface area contributed by atoms with E-state index in [-0.39, 0.29) is 6.03 Å². The summed E-state index contributed by atoms with van der Waals surface area (Å²) in [4.78, 5) is 14.7. The number of aromatic nitrogens is 3. The first-order chi connectivity index (χ1) is 12.3. The van der Waals surface area contributed by atoms with Crippen molar-refractivity contribution in [1.29, 1.82) is 0 Å². The molecule has 128 valence electrons. The van der Waals surface area contributed by atoms with Crippen LogP contribution in [-0.2, 0) is 6.42 Å². The van der Waals surface area contributed by atoms with E-state index in [4.69, 9.17) is 0 Å². The number of benzene rings is 2. The first-order valence-electron chi connectivity index (χ1n) is 8.95. The van der Waals surface area contributed by atoms with E-state index in [1.807, 2.05) is 29.2 Å². The van der Waals surface area contributed by atoms with Gasteiger partial charge in [0.2, 0.25) is 0 Å². The van der Waals surface area contributed by atoms with E-state index >= 15 is 0 Å². The minimum absolute atomic E-state index is 0.0600. The van der Waals surface area contributed by atoms with Gasteiger partial charge in [0.15, 0.2) is 0 Å². The number of piperidine rings is 1. The average Bonchev–Trinajstić information content (AvgIpc) is 3.11. The van der Waals surface area contributed by atoms with Gasteiger partial charge < -0.3 is 4.90 Å². The van der Waals surface area contributed by atoms with Gasteiger partial charge in [0.25, 0.3) is 0 Å². The molecule has 0 saturated carbocycles. The predicted octanol–water partition coefficient (Wildman–Crippen LogP) is 3.74. The van der Waals surface area contributed by atoms with Crippen LogP contribution < -0.4 is 0 Å². The predicted molar refractivity (Wildman–Crippen MR) is 97.4 cm³/mol. The maximum absolute atomic E-state index is 12.7. The lowest BCUT2D eigenvalue weighted by molar-refractivity contribution is 0.167. The molecule has 0 spiro atoms. The summed E-state index contributed by atoms with van der Waals surface area (Å²) in [5.74, 6) is 0.691. The first kappa shape index (κ1) is 15.8. The molecule has 1 aromatic heterocycles. The maximum Gasteiger partial charge on any atom is 0.346 e. The van der Waals surface area contributed by atoms with Crippen molar-refractivity contribution >= 4 is 17.1 Å². The zero-order valence-electron chi connectivity index (χ0n) is 14.2. The fraction of sp³-hybridized carbons (Fsp3) is 0.350. The molecular formula is C20H22N4O. The van der Waals surface area contributed by atoms with E-state index in [2.05, 4.69) is 40.6 Å². The molecule has 0 atom stereocenters. The zero-order chi connectivity index (χ0) is 17.1. The van der Waals surface area contributed by atoms with E-state index in [1.165, 1.54) is 16.7 Å². The summed E-state index contributed by atoms with van der Waals surface area (Å²) in [5, 5.41) is 8.12. The molecular weight excluding hydrogens is 312 g/mol. The number of carbonyl (C=O) groups excluding carboxylic acids is 1. The van der Waals surface area contributed by atoms with Crippen molar-refractivity contribution in [2.45, 2.75) is 25.7 Å². The Morgan fingerprint density at radius 3 is 2.52 bits per heavy atom. The molecule has 0 radical (unpaired) electrons. The molecule has 1 saturated heterocycles. The van der Waals surface area contributed by atoms with E-state index in [0.717, 1.165) is 43.4 Å². The van der Waals surface area contributed by atoms with Crippen LogP contribution in [0.1, 0.15) is 24.8 Å². The number of likely N-dealkylation sites (tertiary alicyclic amines) is 1. The summed E-state index contributed by atoms with van der Waals surface area (Å²) < 4.78 is 1.43. The number of hydrogen-bond acceptors (Lipinski definition) is 3. The van der Waals surface area contributed by atoms with Crippen LogP contribution in [0.4, 0.5) is 4.79 Å². The summed E-state index contributed by atoms with van der Waals surface area (Å²) in [5.41, 5.74) is 2.93. The third-order valence-corrected chi connectivity index (χ3v) is 5.10. The summed E-state index contributed by atoms with van der Waals surface area (Å²) in [6.45, 7) is 1.60.